The molecule has 1 saturated heterocycles. The maximum Gasteiger partial charge on any atom is 0.200 e. The zero-order chi connectivity index (χ0) is 13.4. The Morgan fingerprint density at radius 1 is 0.889 bits per heavy atom. The zero-order valence-corrected chi connectivity index (χ0v) is 9.02. The van der Waals surface area contributed by atoms with Crippen LogP contribution in [0.5, 0.6) is 0 Å². The van der Waals surface area contributed by atoms with Crippen LogP contribution in [-0.4, -0.2) is 17.8 Å². The largest absolute Gasteiger partial charge is 0.393 e. The lowest BCUT2D eigenvalue weighted by molar-refractivity contribution is -0.0482. The van der Waals surface area contributed by atoms with Crippen LogP contribution in [0, 0.1) is 29.1 Å². The Morgan fingerprint density at radius 2 is 1.39 bits per heavy atom. The van der Waals surface area contributed by atoms with E-state index in [1.54, 1.807) is 0 Å². The molecule has 1 N–H and O–H groups in total. The predicted molar refractivity (Wildman–Crippen MR) is 50.2 cm³/mol. The molecular weight excluding hydrogens is 259 g/mol. The molecule has 2 atom stereocenters. The number of hydrogen-bond acceptors (Lipinski definition) is 2. The Balaban J connectivity index is 2.50. The molecule has 2 unspecified atom stereocenters. The second kappa shape index (κ2) is 4.81. The van der Waals surface area contributed by atoms with Crippen molar-refractivity contribution in [1.82, 2.24) is 0 Å². The van der Waals surface area contributed by atoms with Gasteiger partial charge in [0, 0.05) is 13.0 Å². The number of aliphatic hydroxyl groups is 1. The first-order valence-corrected chi connectivity index (χ1v) is 5.24. The molecule has 0 aliphatic carbocycles. The second-order valence-corrected chi connectivity index (χ2v) is 4.02. The number of benzene rings is 1. The molecule has 0 aromatic heterocycles. The number of aliphatic hydroxyl groups excluding tert-OH is 1. The topological polar surface area (TPSA) is 29.5 Å². The van der Waals surface area contributed by atoms with Gasteiger partial charge in [-0.25, -0.2) is 22.0 Å². The molecule has 0 radical (unpaired) electrons. The molecular formula is C11H9F5O2. The Bertz CT molecular complexity index is 448. The number of halogens is 5. The molecule has 2 rings (SSSR count). The van der Waals surface area contributed by atoms with E-state index in [0.29, 0.717) is 0 Å². The molecule has 1 heterocycles. The summed E-state index contributed by atoms with van der Waals surface area (Å²) < 4.78 is 70.6. The second-order valence-electron chi connectivity index (χ2n) is 4.02. The van der Waals surface area contributed by atoms with Crippen molar-refractivity contribution in [3.05, 3.63) is 34.6 Å². The Kier molecular flexibility index (Phi) is 3.54. The van der Waals surface area contributed by atoms with Crippen molar-refractivity contribution in [2.24, 2.45) is 0 Å². The molecule has 0 saturated carbocycles. The van der Waals surface area contributed by atoms with Gasteiger partial charge in [-0.15, -0.1) is 0 Å². The predicted octanol–water partition coefficient (Wildman–Crippen LogP) is 2.59. The normalized spacial score (nSPS) is 24.3. The van der Waals surface area contributed by atoms with E-state index in [1.807, 2.05) is 0 Å². The number of rotatable bonds is 1. The van der Waals surface area contributed by atoms with Gasteiger partial charge < -0.3 is 9.84 Å². The van der Waals surface area contributed by atoms with Crippen molar-refractivity contribution in [2.45, 2.75) is 25.0 Å². The first-order chi connectivity index (χ1) is 8.43. The summed E-state index contributed by atoms with van der Waals surface area (Å²) in [6.45, 7) is -0.00860. The maximum atomic E-state index is 13.4. The summed E-state index contributed by atoms with van der Waals surface area (Å²) in [5, 5.41) is 9.33. The summed E-state index contributed by atoms with van der Waals surface area (Å²) in [6.07, 6.45) is -2.18. The van der Waals surface area contributed by atoms with Gasteiger partial charge in [0.05, 0.1) is 17.8 Å². The summed E-state index contributed by atoms with van der Waals surface area (Å²) in [6, 6.07) is 0. The quantitative estimate of drug-likeness (QED) is 0.482. The lowest BCUT2D eigenvalue weighted by atomic mass is 9.98. The van der Waals surface area contributed by atoms with Crippen LogP contribution in [0.25, 0.3) is 0 Å². The summed E-state index contributed by atoms with van der Waals surface area (Å²) in [5.74, 6) is -10.0. The number of ether oxygens (including phenoxy) is 1. The van der Waals surface area contributed by atoms with Crippen LogP contribution >= 0.6 is 0 Å². The van der Waals surface area contributed by atoms with Gasteiger partial charge in [-0.2, -0.15) is 0 Å². The average Bonchev–Trinajstić information content (AvgIpc) is 2.34. The highest BCUT2D eigenvalue weighted by atomic mass is 19.2. The molecule has 0 spiro atoms. The minimum absolute atomic E-state index is 0.00860. The lowest BCUT2D eigenvalue weighted by Gasteiger charge is -2.27. The molecule has 0 bridgehead atoms. The highest BCUT2D eigenvalue weighted by Crippen LogP contribution is 2.34. The summed E-state index contributed by atoms with van der Waals surface area (Å²) >= 11 is 0. The summed E-state index contributed by atoms with van der Waals surface area (Å²) in [5.41, 5.74) is -1.02. The molecule has 1 aromatic carbocycles. The van der Waals surface area contributed by atoms with Crippen molar-refractivity contribution in [3.63, 3.8) is 0 Å². The fourth-order valence-corrected chi connectivity index (χ4v) is 1.89. The van der Waals surface area contributed by atoms with E-state index in [0.717, 1.165) is 0 Å². The van der Waals surface area contributed by atoms with Gasteiger partial charge in [-0.3, -0.25) is 0 Å². The summed E-state index contributed by atoms with van der Waals surface area (Å²) in [4.78, 5) is 0. The fraction of sp³-hybridized carbons (Fsp3) is 0.455. The Hall–Kier alpha value is -1.21. The first-order valence-electron chi connectivity index (χ1n) is 5.24. The summed E-state index contributed by atoms with van der Waals surface area (Å²) in [7, 11) is 0. The fourth-order valence-electron chi connectivity index (χ4n) is 1.89. The van der Waals surface area contributed by atoms with Crippen LogP contribution < -0.4 is 0 Å². The Labute approximate surface area is 99.0 Å². The third-order valence-corrected chi connectivity index (χ3v) is 2.82. The van der Waals surface area contributed by atoms with Crippen molar-refractivity contribution in [2.75, 3.05) is 6.61 Å². The highest BCUT2D eigenvalue weighted by molar-refractivity contribution is 5.26. The van der Waals surface area contributed by atoms with E-state index >= 15 is 0 Å². The molecule has 1 aliphatic rings. The van der Waals surface area contributed by atoms with Crippen LogP contribution in [-0.2, 0) is 4.74 Å². The van der Waals surface area contributed by atoms with Crippen LogP contribution in [0.15, 0.2) is 0 Å². The third-order valence-electron chi connectivity index (χ3n) is 2.82. The molecule has 100 valence electrons. The molecule has 18 heavy (non-hydrogen) atoms. The highest BCUT2D eigenvalue weighted by Gasteiger charge is 2.33. The van der Waals surface area contributed by atoms with Gasteiger partial charge in [0.2, 0.25) is 5.82 Å². The molecule has 1 aromatic rings. The smallest absolute Gasteiger partial charge is 0.200 e. The lowest BCUT2D eigenvalue weighted by Crippen LogP contribution is -2.25. The van der Waals surface area contributed by atoms with E-state index in [-0.39, 0.29) is 19.4 Å². The Morgan fingerprint density at radius 3 is 1.89 bits per heavy atom. The molecule has 2 nitrogen and oxygen atoms in total. The van der Waals surface area contributed by atoms with Crippen LogP contribution in [0.1, 0.15) is 24.5 Å². The van der Waals surface area contributed by atoms with Gasteiger partial charge in [0.25, 0.3) is 0 Å². The minimum Gasteiger partial charge on any atom is -0.393 e. The molecule has 1 aliphatic heterocycles. The first kappa shape index (κ1) is 13.2. The van der Waals surface area contributed by atoms with E-state index in [9.17, 15) is 27.1 Å². The minimum atomic E-state index is -2.20. The van der Waals surface area contributed by atoms with E-state index in [1.165, 1.54) is 0 Å². The average molecular weight is 268 g/mol. The molecule has 0 amide bonds. The van der Waals surface area contributed by atoms with Crippen LogP contribution in [0.4, 0.5) is 22.0 Å². The van der Waals surface area contributed by atoms with Gasteiger partial charge in [-0.05, 0) is 6.42 Å². The van der Waals surface area contributed by atoms with E-state index < -0.39 is 46.9 Å². The van der Waals surface area contributed by atoms with E-state index in [4.69, 9.17) is 4.74 Å². The molecule has 7 heteroatoms. The third kappa shape index (κ3) is 2.08. The monoisotopic (exact) mass is 268 g/mol. The van der Waals surface area contributed by atoms with Gasteiger partial charge in [-0.1, -0.05) is 0 Å². The van der Waals surface area contributed by atoms with Crippen molar-refractivity contribution >= 4 is 0 Å². The van der Waals surface area contributed by atoms with Crippen molar-refractivity contribution < 1.29 is 31.8 Å². The maximum absolute atomic E-state index is 13.4. The standard InChI is InChI=1S/C11H9F5O2/c12-7-6(5-3-4(17)1-2-18-5)8(13)10(15)11(16)9(7)14/h4-5,17H,1-3H2. The molecule has 1 fully saturated rings. The SMILES string of the molecule is OC1CCOC(c2c(F)c(F)c(F)c(F)c2F)C1. The van der Waals surface area contributed by atoms with Crippen LogP contribution in [0.3, 0.4) is 0 Å². The van der Waals surface area contributed by atoms with Gasteiger partial charge in [0.15, 0.2) is 23.3 Å². The van der Waals surface area contributed by atoms with Crippen LogP contribution in [0.2, 0.25) is 0 Å². The van der Waals surface area contributed by atoms with Crippen molar-refractivity contribution in [3.8, 4) is 0 Å². The number of hydrogen-bond donors (Lipinski definition) is 1. The van der Waals surface area contributed by atoms with E-state index in [2.05, 4.69) is 0 Å². The van der Waals surface area contributed by atoms with Crippen molar-refractivity contribution in [1.29, 1.82) is 0 Å². The van der Waals surface area contributed by atoms with Gasteiger partial charge >= 0.3 is 0 Å². The van der Waals surface area contributed by atoms with Gasteiger partial charge in [0.1, 0.15) is 0 Å². The zero-order valence-electron chi connectivity index (χ0n) is 9.02.